The highest BCUT2D eigenvalue weighted by Crippen LogP contribution is 2.25. The monoisotopic (exact) mass is 690 g/mol. The van der Waals surface area contributed by atoms with E-state index < -0.39 is 67.1 Å². The zero-order valence-corrected chi connectivity index (χ0v) is 27.8. The molecular formula is C30H38N6O7S3. The average molecular weight is 691 g/mol. The first-order valence-electron chi connectivity index (χ1n) is 14.8. The molecule has 1 aliphatic heterocycles. The molecule has 0 aliphatic carbocycles. The van der Waals surface area contributed by atoms with Crippen LogP contribution in [-0.4, -0.2) is 86.8 Å². The van der Waals surface area contributed by atoms with Crippen molar-refractivity contribution >= 4 is 64.8 Å². The van der Waals surface area contributed by atoms with Crippen LogP contribution in [0.4, 0.5) is 0 Å². The van der Waals surface area contributed by atoms with Crippen molar-refractivity contribution in [3.8, 4) is 0 Å². The van der Waals surface area contributed by atoms with E-state index in [0.29, 0.717) is 23.9 Å². The van der Waals surface area contributed by atoms with Crippen molar-refractivity contribution in [1.29, 1.82) is 5.41 Å². The van der Waals surface area contributed by atoms with Crippen LogP contribution in [0.1, 0.15) is 53.9 Å². The van der Waals surface area contributed by atoms with Crippen molar-refractivity contribution in [2.45, 2.75) is 62.4 Å². The van der Waals surface area contributed by atoms with Crippen LogP contribution in [0.2, 0.25) is 0 Å². The SMILES string of the molecule is CS(=O)(=O)CC[C@H](NS(=O)(=O)Cc1ccccc1)C(=O)N1CCC[C@H]1C(=O)N[C@@H](CCCC(=N)N)C(=O)c1nc2ccccc2s1. The summed E-state index contributed by atoms with van der Waals surface area (Å²) in [4.78, 5) is 46.7. The van der Waals surface area contributed by atoms with Gasteiger partial charge >= 0.3 is 0 Å². The highest BCUT2D eigenvalue weighted by molar-refractivity contribution is 7.90. The molecule has 5 N–H and O–H groups in total. The summed E-state index contributed by atoms with van der Waals surface area (Å²) >= 11 is 1.20. The molecule has 1 aliphatic rings. The Bertz CT molecular complexity index is 1760. The molecule has 13 nitrogen and oxygen atoms in total. The number of ketones is 1. The Morgan fingerprint density at radius 3 is 2.41 bits per heavy atom. The van der Waals surface area contributed by atoms with Gasteiger partial charge in [0.05, 0.1) is 33.6 Å². The number of aromatic nitrogens is 1. The molecule has 2 aromatic carbocycles. The largest absolute Gasteiger partial charge is 0.388 e. The van der Waals surface area contributed by atoms with Crippen molar-refractivity contribution in [2.24, 2.45) is 5.73 Å². The van der Waals surface area contributed by atoms with Gasteiger partial charge in [0.1, 0.15) is 21.9 Å². The Morgan fingerprint density at radius 1 is 1.04 bits per heavy atom. The maximum absolute atomic E-state index is 13.8. The van der Waals surface area contributed by atoms with Gasteiger partial charge < -0.3 is 16.0 Å². The summed E-state index contributed by atoms with van der Waals surface area (Å²) in [5.41, 5.74) is 6.63. The van der Waals surface area contributed by atoms with Gasteiger partial charge in [-0.25, -0.2) is 26.5 Å². The van der Waals surface area contributed by atoms with Crippen molar-refractivity contribution in [3.63, 3.8) is 0 Å². The number of carbonyl (C=O) groups is 3. The van der Waals surface area contributed by atoms with E-state index in [4.69, 9.17) is 11.1 Å². The minimum atomic E-state index is -4.07. The van der Waals surface area contributed by atoms with Gasteiger partial charge in [0.25, 0.3) is 0 Å². The van der Waals surface area contributed by atoms with Gasteiger partial charge in [-0.1, -0.05) is 42.5 Å². The number of nitrogens with zero attached hydrogens (tertiary/aromatic N) is 2. The summed E-state index contributed by atoms with van der Waals surface area (Å²) in [5.74, 6) is -2.65. The minimum Gasteiger partial charge on any atom is -0.388 e. The standard InChI is InChI=1S/C30H38N6O7S3/c1-45(40,41)18-16-23(35-46(42,43)19-20-9-3-2-4-10-20)30(39)36-17-8-13-24(36)28(38)33-22(12-7-15-26(31)32)27(37)29-34-21-11-5-6-14-25(21)44-29/h2-6,9-11,14,22-24,35H,7-8,12-13,15-19H2,1H3,(H3,31,32)(H,33,38)/t22-,23-,24-/m0/s1. The first-order chi connectivity index (χ1) is 21.7. The number of sulfonamides is 1. The first-order valence-corrected chi connectivity index (χ1v) is 19.3. The lowest BCUT2D eigenvalue weighted by atomic mass is 10.0. The molecule has 0 bridgehead atoms. The van der Waals surface area contributed by atoms with E-state index in [-0.39, 0.29) is 43.1 Å². The fourth-order valence-electron chi connectivity index (χ4n) is 5.28. The van der Waals surface area contributed by atoms with Crippen LogP contribution in [0.3, 0.4) is 0 Å². The molecular weight excluding hydrogens is 653 g/mol. The number of nitrogens with two attached hydrogens (primary N) is 1. The van der Waals surface area contributed by atoms with E-state index in [0.717, 1.165) is 11.0 Å². The number of amides is 2. The molecule has 16 heteroatoms. The summed E-state index contributed by atoms with van der Waals surface area (Å²) in [6.45, 7) is 0.146. The topological polar surface area (TPSA) is 210 Å². The van der Waals surface area contributed by atoms with E-state index >= 15 is 0 Å². The fourth-order valence-corrected chi connectivity index (χ4v) is 8.27. The lowest BCUT2D eigenvalue weighted by Gasteiger charge is -2.29. The Kier molecular flexibility index (Phi) is 11.6. The number of amidine groups is 1. The fraction of sp³-hybridized carbons (Fsp3) is 0.433. The number of para-hydroxylation sites is 1. The Hall–Kier alpha value is -3.73. The molecule has 1 fully saturated rings. The van der Waals surface area contributed by atoms with Crippen LogP contribution in [0.15, 0.2) is 54.6 Å². The Labute approximate surface area is 272 Å². The zero-order chi connectivity index (χ0) is 33.5. The number of hydrogen-bond acceptors (Lipinski definition) is 10. The number of fused-ring (bicyclic) bond motifs is 1. The van der Waals surface area contributed by atoms with Gasteiger partial charge in [-0.2, -0.15) is 0 Å². The molecule has 4 rings (SSSR count). The number of rotatable bonds is 16. The molecule has 0 saturated carbocycles. The number of carbonyl (C=O) groups excluding carboxylic acids is 3. The van der Waals surface area contributed by atoms with Crippen LogP contribution in [-0.2, 0) is 35.2 Å². The van der Waals surface area contributed by atoms with Crippen LogP contribution in [0, 0.1) is 5.41 Å². The predicted molar refractivity (Wildman–Crippen MR) is 177 cm³/mol. The molecule has 3 aromatic rings. The van der Waals surface area contributed by atoms with Crippen molar-refractivity contribution in [2.75, 3.05) is 18.6 Å². The minimum absolute atomic E-state index is 0.0556. The Morgan fingerprint density at radius 2 is 1.74 bits per heavy atom. The summed E-state index contributed by atoms with van der Waals surface area (Å²) in [7, 11) is -7.62. The molecule has 2 amide bonds. The maximum Gasteiger partial charge on any atom is 0.243 e. The summed E-state index contributed by atoms with van der Waals surface area (Å²) < 4.78 is 53.2. The van der Waals surface area contributed by atoms with Crippen LogP contribution >= 0.6 is 11.3 Å². The molecule has 1 aromatic heterocycles. The molecule has 46 heavy (non-hydrogen) atoms. The van der Waals surface area contributed by atoms with Crippen molar-refractivity contribution in [1.82, 2.24) is 19.9 Å². The number of thiazole rings is 1. The highest BCUT2D eigenvalue weighted by Gasteiger charge is 2.40. The second-order valence-corrected chi connectivity index (χ2v) is 16.4. The molecule has 248 valence electrons. The number of hydrogen-bond donors (Lipinski definition) is 4. The second-order valence-electron chi connectivity index (χ2n) is 11.4. The summed E-state index contributed by atoms with van der Waals surface area (Å²) in [5, 5.41) is 10.5. The van der Waals surface area contributed by atoms with Gasteiger partial charge in [0.2, 0.25) is 27.6 Å². The number of sulfone groups is 1. The second kappa shape index (κ2) is 15.2. The van der Waals surface area contributed by atoms with Crippen molar-refractivity contribution < 1.29 is 31.2 Å². The van der Waals surface area contributed by atoms with Gasteiger partial charge in [0, 0.05) is 19.2 Å². The quantitative estimate of drug-likeness (QED) is 0.0983. The number of Topliss-reactive ketones (excluding diaryl/α,β-unsaturated/α-hetero) is 1. The summed E-state index contributed by atoms with van der Waals surface area (Å²) in [6.07, 6.45) is 2.13. The predicted octanol–water partition coefficient (Wildman–Crippen LogP) is 1.98. The number of benzene rings is 2. The zero-order valence-electron chi connectivity index (χ0n) is 25.3. The lowest BCUT2D eigenvalue weighted by Crippen LogP contribution is -2.55. The van der Waals surface area contributed by atoms with E-state index in [9.17, 15) is 31.2 Å². The van der Waals surface area contributed by atoms with Gasteiger partial charge in [-0.05, 0) is 49.8 Å². The molecule has 3 atom stereocenters. The van der Waals surface area contributed by atoms with Crippen molar-refractivity contribution in [3.05, 3.63) is 65.2 Å². The van der Waals surface area contributed by atoms with E-state index in [1.165, 1.54) is 16.2 Å². The van der Waals surface area contributed by atoms with Crippen LogP contribution in [0.25, 0.3) is 10.2 Å². The lowest BCUT2D eigenvalue weighted by molar-refractivity contribution is -0.139. The smallest absolute Gasteiger partial charge is 0.243 e. The average Bonchev–Trinajstić information content (AvgIpc) is 3.65. The van der Waals surface area contributed by atoms with Crippen LogP contribution < -0.4 is 15.8 Å². The van der Waals surface area contributed by atoms with E-state index in [1.807, 2.05) is 12.1 Å². The normalized spacial score (nSPS) is 16.6. The molecule has 0 spiro atoms. The number of likely N-dealkylation sites (tertiary alicyclic amines) is 1. The maximum atomic E-state index is 13.8. The molecule has 0 radical (unpaired) electrons. The number of nitrogens with one attached hydrogen (secondary N) is 3. The molecule has 1 saturated heterocycles. The summed E-state index contributed by atoms with van der Waals surface area (Å²) in [6, 6.07) is 12.2. The molecule has 2 heterocycles. The first kappa shape index (κ1) is 35.1. The third-order valence-corrected chi connectivity index (χ3v) is 10.9. The van der Waals surface area contributed by atoms with E-state index in [1.54, 1.807) is 42.5 Å². The van der Waals surface area contributed by atoms with Gasteiger partial charge in [0.15, 0.2) is 5.01 Å². The van der Waals surface area contributed by atoms with Crippen LogP contribution in [0.5, 0.6) is 0 Å². The third-order valence-electron chi connectivity index (χ3n) is 7.51. The van der Waals surface area contributed by atoms with Gasteiger partial charge in [-0.3, -0.25) is 19.8 Å². The Balaban J connectivity index is 1.53. The highest BCUT2D eigenvalue weighted by atomic mass is 32.2. The van der Waals surface area contributed by atoms with E-state index in [2.05, 4.69) is 15.0 Å². The molecule has 0 unspecified atom stereocenters. The third kappa shape index (κ3) is 9.88. The van der Waals surface area contributed by atoms with Gasteiger partial charge in [-0.15, -0.1) is 11.3 Å².